The van der Waals surface area contributed by atoms with Crippen molar-refractivity contribution >= 4 is 28.7 Å². The van der Waals surface area contributed by atoms with Gasteiger partial charge in [-0.25, -0.2) is 8.78 Å². The van der Waals surface area contributed by atoms with Crippen LogP contribution in [0.3, 0.4) is 0 Å². The van der Waals surface area contributed by atoms with Crippen molar-refractivity contribution in [2.75, 3.05) is 11.9 Å². The van der Waals surface area contributed by atoms with E-state index in [0.29, 0.717) is 35.4 Å². The fourth-order valence-corrected chi connectivity index (χ4v) is 2.60. The maximum atomic E-state index is 14.2. The second kappa shape index (κ2) is 7.25. The van der Waals surface area contributed by atoms with Crippen LogP contribution in [-0.2, 0) is 0 Å². The molecule has 0 aliphatic carbocycles. The first-order valence-electron chi connectivity index (χ1n) is 8.40. The van der Waals surface area contributed by atoms with Gasteiger partial charge in [-0.15, -0.1) is 0 Å². The van der Waals surface area contributed by atoms with Gasteiger partial charge in [0, 0.05) is 23.6 Å². The largest absolute Gasteiger partial charge is 0.390 e. The van der Waals surface area contributed by atoms with Crippen molar-refractivity contribution in [3.8, 4) is 0 Å². The van der Waals surface area contributed by atoms with Crippen LogP contribution in [0.15, 0.2) is 36.4 Å². The Morgan fingerprint density at radius 1 is 1.15 bits per heavy atom. The lowest BCUT2D eigenvalue weighted by Crippen LogP contribution is -2.22. The molecule has 0 aliphatic rings. The Kier molecular flexibility index (Phi) is 5.04. The lowest BCUT2D eigenvalue weighted by Gasteiger charge is -2.17. The summed E-state index contributed by atoms with van der Waals surface area (Å²) in [6.45, 7) is 3.84. The summed E-state index contributed by atoms with van der Waals surface area (Å²) in [7, 11) is 0. The Hall–Kier alpha value is -2.73. The minimum atomic E-state index is -0.823. The molecular formula is C20H21F2N3O. The number of hydrogen-bond donors (Lipinski definition) is 3. The zero-order valence-corrected chi connectivity index (χ0v) is 14.7. The van der Waals surface area contributed by atoms with E-state index in [-0.39, 0.29) is 5.82 Å². The van der Waals surface area contributed by atoms with Crippen LogP contribution in [0.4, 0.5) is 14.5 Å². The van der Waals surface area contributed by atoms with E-state index in [1.54, 1.807) is 50.3 Å². The molecular weight excluding hydrogens is 336 g/mol. The number of halogens is 2. The summed E-state index contributed by atoms with van der Waals surface area (Å²) in [5.74, 6) is -0.717. The van der Waals surface area contributed by atoms with Crippen molar-refractivity contribution in [2.45, 2.75) is 25.9 Å². The number of H-pyrrole nitrogens is 1. The second-order valence-electron chi connectivity index (χ2n) is 6.83. The number of aromatic nitrogens is 2. The molecule has 0 unspecified atom stereocenters. The number of nitrogens with zero attached hydrogens (tertiary/aromatic N) is 1. The Morgan fingerprint density at radius 2 is 1.92 bits per heavy atom. The number of fused-ring (bicyclic) bond motifs is 1. The van der Waals surface area contributed by atoms with Gasteiger partial charge in [0.2, 0.25) is 0 Å². The molecule has 3 N–H and O–H groups in total. The van der Waals surface area contributed by atoms with E-state index in [9.17, 15) is 13.9 Å². The van der Waals surface area contributed by atoms with Gasteiger partial charge >= 0.3 is 0 Å². The van der Waals surface area contributed by atoms with Crippen LogP contribution < -0.4 is 5.32 Å². The smallest absolute Gasteiger partial charge is 0.148 e. The average molecular weight is 357 g/mol. The van der Waals surface area contributed by atoms with Gasteiger partial charge in [-0.1, -0.05) is 18.2 Å². The standard InChI is InChI=1S/C20H21F2N3O/c1-20(2,26)9-10-23-19-11-14-17(24-25-18(14)12-16(19)22)8-7-13-5-3-4-6-15(13)21/h3-8,11-12,23,26H,9-10H2,1-2H3,(H,24,25). The summed E-state index contributed by atoms with van der Waals surface area (Å²) in [4.78, 5) is 0. The highest BCUT2D eigenvalue weighted by molar-refractivity contribution is 5.91. The summed E-state index contributed by atoms with van der Waals surface area (Å²) >= 11 is 0. The van der Waals surface area contributed by atoms with Gasteiger partial charge in [-0.2, -0.15) is 5.10 Å². The van der Waals surface area contributed by atoms with E-state index < -0.39 is 11.4 Å². The lowest BCUT2D eigenvalue weighted by molar-refractivity contribution is 0.0748. The third kappa shape index (κ3) is 4.26. The summed E-state index contributed by atoms with van der Waals surface area (Å²) in [5, 5.41) is 20.4. The van der Waals surface area contributed by atoms with Crippen molar-refractivity contribution in [1.29, 1.82) is 0 Å². The molecule has 0 saturated heterocycles. The molecule has 0 radical (unpaired) electrons. The second-order valence-corrected chi connectivity index (χ2v) is 6.83. The van der Waals surface area contributed by atoms with Crippen LogP contribution in [0.5, 0.6) is 0 Å². The Bertz CT molecular complexity index is 942. The molecule has 0 aliphatic heterocycles. The van der Waals surface area contributed by atoms with Gasteiger partial charge in [-0.3, -0.25) is 5.10 Å². The molecule has 3 aromatic rings. The molecule has 1 heterocycles. The fraction of sp³-hybridized carbons (Fsp3) is 0.250. The number of hydrogen-bond acceptors (Lipinski definition) is 3. The quantitative estimate of drug-likeness (QED) is 0.605. The molecule has 0 bridgehead atoms. The van der Waals surface area contributed by atoms with Gasteiger partial charge in [-0.05, 0) is 44.6 Å². The van der Waals surface area contributed by atoms with Crippen LogP contribution >= 0.6 is 0 Å². The average Bonchev–Trinajstić information content (AvgIpc) is 2.95. The Morgan fingerprint density at radius 3 is 2.65 bits per heavy atom. The van der Waals surface area contributed by atoms with Gasteiger partial charge in [0.1, 0.15) is 11.6 Å². The van der Waals surface area contributed by atoms with Crippen LogP contribution in [0.25, 0.3) is 23.1 Å². The summed E-state index contributed by atoms with van der Waals surface area (Å²) in [6, 6.07) is 9.48. The number of aromatic amines is 1. The molecule has 0 atom stereocenters. The minimum absolute atomic E-state index is 0.316. The maximum Gasteiger partial charge on any atom is 0.148 e. The van der Waals surface area contributed by atoms with Crippen LogP contribution in [0.1, 0.15) is 31.5 Å². The molecule has 6 heteroatoms. The molecule has 4 nitrogen and oxygen atoms in total. The van der Waals surface area contributed by atoms with Crippen molar-refractivity contribution < 1.29 is 13.9 Å². The third-order valence-corrected chi connectivity index (χ3v) is 4.06. The minimum Gasteiger partial charge on any atom is -0.390 e. The van der Waals surface area contributed by atoms with E-state index in [1.807, 2.05) is 0 Å². The molecule has 0 fully saturated rings. The van der Waals surface area contributed by atoms with E-state index in [0.717, 1.165) is 5.39 Å². The third-order valence-electron chi connectivity index (χ3n) is 4.06. The van der Waals surface area contributed by atoms with Gasteiger partial charge in [0.25, 0.3) is 0 Å². The van der Waals surface area contributed by atoms with Gasteiger partial charge in [0.05, 0.1) is 22.5 Å². The number of nitrogens with one attached hydrogen (secondary N) is 2. The summed E-state index contributed by atoms with van der Waals surface area (Å²) < 4.78 is 27.9. The van der Waals surface area contributed by atoms with Gasteiger partial charge in [0.15, 0.2) is 0 Å². The number of aliphatic hydroxyl groups is 1. The van der Waals surface area contributed by atoms with Crippen molar-refractivity contribution in [3.63, 3.8) is 0 Å². The van der Waals surface area contributed by atoms with Crippen molar-refractivity contribution in [1.82, 2.24) is 10.2 Å². The number of benzene rings is 2. The zero-order chi connectivity index (χ0) is 18.7. The van der Waals surface area contributed by atoms with E-state index in [1.165, 1.54) is 12.1 Å². The van der Waals surface area contributed by atoms with Crippen LogP contribution in [0.2, 0.25) is 0 Å². The zero-order valence-electron chi connectivity index (χ0n) is 14.7. The highest BCUT2D eigenvalue weighted by atomic mass is 19.1. The molecule has 0 spiro atoms. The van der Waals surface area contributed by atoms with Gasteiger partial charge < -0.3 is 10.4 Å². The van der Waals surface area contributed by atoms with Crippen LogP contribution in [-0.4, -0.2) is 27.4 Å². The number of rotatable bonds is 6. The molecule has 3 rings (SSSR count). The van der Waals surface area contributed by atoms with E-state index in [4.69, 9.17) is 0 Å². The molecule has 136 valence electrons. The molecule has 1 aromatic heterocycles. The molecule has 0 saturated carbocycles. The lowest BCUT2D eigenvalue weighted by atomic mass is 10.1. The Balaban J connectivity index is 1.86. The number of anilines is 1. The monoisotopic (exact) mass is 357 g/mol. The first kappa shape index (κ1) is 18.1. The SMILES string of the molecule is CC(C)(O)CCNc1cc2c(C=Cc3ccccc3F)n[nH]c2cc1F. The molecule has 0 amide bonds. The molecule has 26 heavy (non-hydrogen) atoms. The predicted molar refractivity (Wildman–Crippen MR) is 101 cm³/mol. The maximum absolute atomic E-state index is 14.2. The van der Waals surface area contributed by atoms with E-state index in [2.05, 4.69) is 15.5 Å². The van der Waals surface area contributed by atoms with Crippen molar-refractivity contribution in [3.05, 3.63) is 59.3 Å². The fourth-order valence-electron chi connectivity index (χ4n) is 2.60. The first-order chi connectivity index (χ1) is 12.3. The highest BCUT2D eigenvalue weighted by Crippen LogP contribution is 2.26. The Labute approximate surface area is 150 Å². The predicted octanol–water partition coefficient (Wildman–Crippen LogP) is 4.58. The van der Waals surface area contributed by atoms with Crippen LogP contribution in [0, 0.1) is 11.6 Å². The van der Waals surface area contributed by atoms with E-state index >= 15 is 0 Å². The summed E-state index contributed by atoms with van der Waals surface area (Å²) in [5.41, 5.74) is 1.12. The molecule has 2 aromatic carbocycles. The normalized spacial score (nSPS) is 12.2. The first-order valence-corrected chi connectivity index (χ1v) is 8.40. The summed E-state index contributed by atoms with van der Waals surface area (Å²) in [6.07, 6.45) is 3.81. The topological polar surface area (TPSA) is 60.9 Å². The van der Waals surface area contributed by atoms with Crippen molar-refractivity contribution in [2.24, 2.45) is 0 Å². The highest BCUT2D eigenvalue weighted by Gasteiger charge is 2.13.